The fourth-order valence-electron chi connectivity index (χ4n) is 2.05. The van der Waals surface area contributed by atoms with Crippen molar-refractivity contribution < 1.29 is 4.42 Å². The van der Waals surface area contributed by atoms with E-state index in [1.807, 2.05) is 24.3 Å². The molecule has 0 aromatic heterocycles. The van der Waals surface area contributed by atoms with Gasteiger partial charge in [-0.05, 0) is 30.7 Å². The largest absolute Gasteiger partial charge is 0.456 e. The molecule has 1 aliphatic heterocycles. The minimum atomic E-state index is 0.478. The van der Waals surface area contributed by atoms with Crippen LogP contribution in [0.1, 0.15) is 5.56 Å². The monoisotopic (exact) mass is 209 g/mol. The zero-order valence-electron chi connectivity index (χ0n) is 8.95. The molecule has 2 heteroatoms. The minimum Gasteiger partial charge on any atom is -0.456 e. The number of benzene rings is 2. The molecule has 0 amide bonds. The third-order valence-electron chi connectivity index (χ3n) is 2.90. The predicted octanol–water partition coefficient (Wildman–Crippen LogP) is 3.33. The molecule has 2 nitrogen and oxygen atoms in total. The molecule has 3 rings (SSSR count). The van der Waals surface area contributed by atoms with E-state index in [4.69, 9.17) is 9.83 Å². The summed E-state index contributed by atoms with van der Waals surface area (Å²) in [7, 11) is 0. The zero-order chi connectivity index (χ0) is 11.1. The van der Waals surface area contributed by atoms with Gasteiger partial charge in [-0.2, -0.15) is 0 Å². The van der Waals surface area contributed by atoms with E-state index in [1.165, 1.54) is 5.56 Å². The summed E-state index contributed by atoms with van der Waals surface area (Å²) in [5.74, 6) is 0.781. The Morgan fingerprint density at radius 3 is 2.75 bits per heavy atom. The van der Waals surface area contributed by atoms with Crippen LogP contribution in [0.2, 0.25) is 0 Å². The Kier molecular flexibility index (Phi) is 1.83. The van der Waals surface area contributed by atoms with Crippen molar-refractivity contribution >= 4 is 11.0 Å². The summed E-state index contributed by atoms with van der Waals surface area (Å²) in [6.45, 7) is 2.09. The Labute approximate surface area is 93.0 Å². The van der Waals surface area contributed by atoms with Gasteiger partial charge in [0.2, 0.25) is 0 Å². The van der Waals surface area contributed by atoms with Gasteiger partial charge in [0.15, 0.2) is 0 Å². The molecule has 0 radical (unpaired) electrons. The van der Waals surface area contributed by atoms with Gasteiger partial charge in [-0.3, -0.25) is 0 Å². The minimum absolute atomic E-state index is 0.478. The van der Waals surface area contributed by atoms with E-state index in [2.05, 4.69) is 13.0 Å². The molecule has 0 fully saturated rings. The maximum atomic E-state index is 7.60. The van der Waals surface area contributed by atoms with Gasteiger partial charge in [0.1, 0.15) is 11.3 Å². The quantitative estimate of drug-likeness (QED) is 0.566. The lowest BCUT2D eigenvalue weighted by Crippen LogP contribution is -1.99. The second-order valence-electron chi connectivity index (χ2n) is 3.93. The van der Waals surface area contributed by atoms with Crippen molar-refractivity contribution in [2.45, 2.75) is 6.92 Å². The van der Waals surface area contributed by atoms with E-state index in [-0.39, 0.29) is 0 Å². The van der Waals surface area contributed by atoms with Crippen LogP contribution < -0.4 is 5.36 Å². The number of para-hydroxylation sites is 1. The Hall–Kier alpha value is -2.09. The van der Waals surface area contributed by atoms with Crippen molar-refractivity contribution in [3.63, 3.8) is 0 Å². The van der Waals surface area contributed by atoms with Gasteiger partial charge < -0.3 is 9.83 Å². The molecule has 1 aromatic carbocycles. The normalized spacial score (nSPS) is 11.1. The number of aryl methyl sites for hydroxylation is 1. The third kappa shape index (κ3) is 1.23. The van der Waals surface area contributed by atoms with Crippen LogP contribution in [0.15, 0.2) is 46.9 Å². The highest BCUT2D eigenvalue weighted by Crippen LogP contribution is 2.31. The molecular weight excluding hydrogens is 198 g/mol. The highest BCUT2D eigenvalue weighted by molar-refractivity contribution is 5.87. The maximum Gasteiger partial charge on any atom is 0.137 e. The number of rotatable bonds is 0. The Balaban J connectivity index is 2.56. The average molecular weight is 209 g/mol. The van der Waals surface area contributed by atoms with Crippen molar-refractivity contribution in [2.75, 3.05) is 0 Å². The fraction of sp³-hybridized carbons (Fsp3) is 0.0714. The first kappa shape index (κ1) is 9.16. The Morgan fingerprint density at radius 2 is 1.88 bits per heavy atom. The van der Waals surface area contributed by atoms with Crippen molar-refractivity contribution in [3.8, 4) is 11.3 Å². The van der Waals surface area contributed by atoms with E-state index in [0.29, 0.717) is 5.36 Å². The van der Waals surface area contributed by atoms with Crippen molar-refractivity contribution in [2.24, 2.45) is 0 Å². The van der Waals surface area contributed by atoms with E-state index in [1.54, 1.807) is 12.1 Å². The van der Waals surface area contributed by atoms with Gasteiger partial charge in [-0.25, -0.2) is 0 Å². The van der Waals surface area contributed by atoms with Gasteiger partial charge in [0.25, 0.3) is 0 Å². The molecule has 0 unspecified atom stereocenters. The summed E-state index contributed by atoms with van der Waals surface area (Å²) in [6, 6.07) is 13.5. The summed E-state index contributed by atoms with van der Waals surface area (Å²) < 4.78 is 5.79. The van der Waals surface area contributed by atoms with E-state index in [0.717, 1.165) is 22.3 Å². The average Bonchev–Trinajstić information content (AvgIpc) is 2.29. The lowest BCUT2D eigenvalue weighted by molar-refractivity contribution is 0.617. The lowest BCUT2D eigenvalue weighted by Gasteiger charge is -2.10. The van der Waals surface area contributed by atoms with Crippen molar-refractivity contribution in [3.05, 3.63) is 53.4 Å². The molecule has 2 aliphatic rings. The second kappa shape index (κ2) is 3.20. The van der Waals surface area contributed by atoms with E-state index >= 15 is 0 Å². The smallest absolute Gasteiger partial charge is 0.137 e. The topological polar surface area (TPSA) is 37.0 Å². The molecule has 1 aromatic rings. The van der Waals surface area contributed by atoms with E-state index in [9.17, 15) is 0 Å². The van der Waals surface area contributed by atoms with Gasteiger partial charge in [-0.1, -0.05) is 18.2 Å². The molecule has 1 N–H and O–H groups in total. The summed E-state index contributed by atoms with van der Waals surface area (Å²) in [5.41, 5.74) is 3.16. The highest BCUT2D eigenvalue weighted by atomic mass is 16.3. The second-order valence-corrected chi connectivity index (χ2v) is 3.93. The third-order valence-corrected chi connectivity index (χ3v) is 2.90. The zero-order valence-corrected chi connectivity index (χ0v) is 8.95. The molecule has 1 heterocycles. The maximum absolute atomic E-state index is 7.60. The summed E-state index contributed by atoms with van der Waals surface area (Å²) in [6.07, 6.45) is 0. The van der Waals surface area contributed by atoms with Gasteiger partial charge in [-0.15, -0.1) is 0 Å². The fourth-order valence-corrected chi connectivity index (χ4v) is 2.05. The number of hydrogen-bond donors (Lipinski definition) is 1. The van der Waals surface area contributed by atoms with Crippen LogP contribution in [-0.4, -0.2) is 0 Å². The molecular formula is C14H11NO. The van der Waals surface area contributed by atoms with Crippen LogP contribution in [0.4, 0.5) is 0 Å². The van der Waals surface area contributed by atoms with Crippen LogP contribution in [0.5, 0.6) is 0 Å². The first-order chi connectivity index (χ1) is 7.75. The van der Waals surface area contributed by atoms with E-state index < -0.39 is 0 Å². The van der Waals surface area contributed by atoms with Gasteiger partial charge in [0, 0.05) is 17.0 Å². The first-order valence-electron chi connectivity index (χ1n) is 5.22. The van der Waals surface area contributed by atoms with Crippen LogP contribution in [0.25, 0.3) is 22.3 Å². The molecule has 0 spiro atoms. The highest BCUT2D eigenvalue weighted by Gasteiger charge is 2.10. The Morgan fingerprint density at radius 1 is 1.06 bits per heavy atom. The van der Waals surface area contributed by atoms with Crippen molar-refractivity contribution in [1.29, 1.82) is 5.41 Å². The van der Waals surface area contributed by atoms with Crippen LogP contribution in [0, 0.1) is 12.3 Å². The van der Waals surface area contributed by atoms with Crippen LogP contribution >= 0.6 is 0 Å². The molecule has 16 heavy (non-hydrogen) atoms. The van der Waals surface area contributed by atoms with Gasteiger partial charge >= 0.3 is 0 Å². The standard InChI is InChI=1S/C14H11NO/c1-9-11-4-2-3-5-13(11)16-14-8-10(15)6-7-12(9)14/h2-8,15H,1H3. The lowest BCUT2D eigenvalue weighted by atomic mass is 10.0. The van der Waals surface area contributed by atoms with Crippen LogP contribution in [-0.2, 0) is 0 Å². The predicted molar refractivity (Wildman–Crippen MR) is 63.4 cm³/mol. The molecule has 0 saturated heterocycles. The molecule has 1 aliphatic carbocycles. The van der Waals surface area contributed by atoms with Crippen LogP contribution in [0.3, 0.4) is 0 Å². The molecule has 0 saturated carbocycles. The summed E-state index contributed by atoms with van der Waals surface area (Å²) >= 11 is 0. The number of nitrogens with one attached hydrogen (secondary N) is 1. The number of hydrogen-bond acceptors (Lipinski definition) is 2. The van der Waals surface area contributed by atoms with Crippen molar-refractivity contribution in [1.82, 2.24) is 0 Å². The molecule has 78 valence electrons. The first-order valence-corrected chi connectivity index (χ1v) is 5.22. The SMILES string of the molecule is Cc1c2ccc(=N)cc-2oc2ccccc12. The number of fused-ring (bicyclic) bond motifs is 2. The van der Waals surface area contributed by atoms with Gasteiger partial charge in [0.05, 0.1) is 5.36 Å². The Bertz CT molecular complexity index is 697. The molecule has 0 atom stereocenters. The molecule has 0 bridgehead atoms. The summed E-state index contributed by atoms with van der Waals surface area (Å²) in [5, 5.41) is 9.21. The summed E-state index contributed by atoms with van der Waals surface area (Å²) in [4.78, 5) is 0.